The summed E-state index contributed by atoms with van der Waals surface area (Å²) in [4.78, 5) is 13.4. The molecule has 0 radical (unpaired) electrons. The van der Waals surface area contributed by atoms with Gasteiger partial charge in [0.15, 0.2) is 0 Å². The first-order chi connectivity index (χ1) is 16.8. The van der Waals surface area contributed by atoms with Crippen LogP contribution in [-0.4, -0.2) is 42.9 Å². The summed E-state index contributed by atoms with van der Waals surface area (Å²) >= 11 is 0. The van der Waals surface area contributed by atoms with Crippen molar-refractivity contribution in [1.82, 2.24) is 5.43 Å². The van der Waals surface area contributed by atoms with Crippen molar-refractivity contribution < 1.29 is 32.0 Å². The number of nitrogens with zero attached hydrogens (tertiary/aromatic N) is 1. The van der Waals surface area contributed by atoms with E-state index in [4.69, 9.17) is 18.1 Å². The quantitative estimate of drug-likeness (QED) is 0.249. The molecule has 1 N–H and O–H groups in total. The molecule has 0 fully saturated rings. The van der Waals surface area contributed by atoms with Crippen molar-refractivity contribution in [3.05, 3.63) is 60.2 Å². The van der Waals surface area contributed by atoms with Gasteiger partial charge in [0.1, 0.15) is 5.71 Å². The smallest absolute Gasteiger partial charge is 0.307 e. The summed E-state index contributed by atoms with van der Waals surface area (Å²) < 4.78 is 50.2. The van der Waals surface area contributed by atoms with Gasteiger partial charge in [-0.05, 0) is 38.8 Å². The first-order valence-electron chi connectivity index (χ1n) is 11.6. The van der Waals surface area contributed by atoms with Gasteiger partial charge in [0.05, 0.1) is 26.4 Å². The van der Waals surface area contributed by atoms with Gasteiger partial charge < -0.3 is 18.1 Å². The van der Waals surface area contributed by atoms with Crippen LogP contribution in [0.1, 0.15) is 44.5 Å². The summed E-state index contributed by atoms with van der Waals surface area (Å²) in [6.07, 6.45) is -0.319. The standard InChI is InChI=1S/C24H32N2O7P2/c1-5-30-34(28,31-6-2)24(35(29,32-7-3)33-8-4)18-22(25-26-24)23(27)21-16-14-20(15-17-21)19-12-10-9-11-13-19/h9-17,26H,5-8,18H2,1-4H3. The molecule has 190 valence electrons. The van der Waals surface area contributed by atoms with E-state index in [0.717, 1.165) is 11.1 Å². The lowest BCUT2D eigenvalue weighted by molar-refractivity contribution is 0.106. The molecule has 0 aromatic heterocycles. The number of carbonyl (C=O) groups excluding carboxylic acids is 1. The highest BCUT2D eigenvalue weighted by Crippen LogP contribution is 2.78. The van der Waals surface area contributed by atoms with E-state index in [1.165, 1.54) is 0 Å². The van der Waals surface area contributed by atoms with Crippen molar-refractivity contribution in [2.45, 2.75) is 39.1 Å². The normalized spacial score (nSPS) is 15.5. The van der Waals surface area contributed by atoms with E-state index in [0.29, 0.717) is 5.56 Å². The Morgan fingerprint density at radius 3 is 1.71 bits per heavy atom. The molecular weight excluding hydrogens is 490 g/mol. The van der Waals surface area contributed by atoms with Crippen LogP contribution in [0.25, 0.3) is 11.1 Å². The molecule has 0 bridgehead atoms. The van der Waals surface area contributed by atoms with Gasteiger partial charge in [-0.15, -0.1) is 0 Å². The molecule has 9 nitrogen and oxygen atoms in total. The maximum Gasteiger partial charge on any atom is 0.370 e. The van der Waals surface area contributed by atoms with Gasteiger partial charge in [0.25, 0.3) is 5.02 Å². The lowest BCUT2D eigenvalue weighted by Crippen LogP contribution is -2.42. The Morgan fingerprint density at radius 1 is 0.800 bits per heavy atom. The molecule has 0 aliphatic carbocycles. The number of hydrazone groups is 1. The van der Waals surface area contributed by atoms with Crippen molar-refractivity contribution in [1.29, 1.82) is 0 Å². The maximum atomic E-state index is 14.0. The second-order valence-electron chi connectivity index (χ2n) is 7.60. The van der Waals surface area contributed by atoms with Crippen LogP contribution in [0.15, 0.2) is 59.7 Å². The molecule has 0 unspecified atom stereocenters. The average Bonchev–Trinajstić information content (AvgIpc) is 3.33. The highest BCUT2D eigenvalue weighted by molar-refractivity contribution is 7.74. The van der Waals surface area contributed by atoms with E-state index >= 15 is 0 Å². The van der Waals surface area contributed by atoms with Crippen LogP contribution in [0.5, 0.6) is 0 Å². The van der Waals surface area contributed by atoms with E-state index in [1.807, 2.05) is 42.5 Å². The average molecular weight is 522 g/mol. The Labute approximate surface area is 206 Å². The first-order valence-corrected chi connectivity index (χ1v) is 14.7. The van der Waals surface area contributed by atoms with Crippen LogP contribution < -0.4 is 5.43 Å². The molecule has 0 atom stereocenters. The summed E-state index contributed by atoms with van der Waals surface area (Å²) in [6, 6.07) is 16.9. The number of Topliss-reactive ketones (excluding diaryl/α,β-unsaturated/α-hetero) is 1. The number of hydrogen-bond acceptors (Lipinski definition) is 9. The van der Waals surface area contributed by atoms with Crippen molar-refractivity contribution in [3.8, 4) is 11.1 Å². The lowest BCUT2D eigenvalue weighted by Gasteiger charge is -2.38. The fraction of sp³-hybridized carbons (Fsp3) is 0.417. The van der Waals surface area contributed by atoms with E-state index in [2.05, 4.69) is 10.5 Å². The fourth-order valence-electron chi connectivity index (χ4n) is 3.86. The van der Waals surface area contributed by atoms with Crippen LogP contribution in [-0.2, 0) is 27.2 Å². The van der Waals surface area contributed by atoms with E-state index < -0.39 is 26.0 Å². The molecule has 1 aliphatic rings. The zero-order chi connectivity index (χ0) is 25.5. The summed E-state index contributed by atoms with van der Waals surface area (Å²) in [5, 5.41) is 2.17. The first kappa shape index (κ1) is 27.5. The predicted octanol–water partition coefficient (Wildman–Crippen LogP) is 6.07. The fourth-order valence-corrected chi connectivity index (χ4v) is 9.15. The van der Waals surface area contributed by atoms with Crippen molar-refractivity contribution in [2.24, 2.45) is 5.10 Å². The summed E-state index contributed by atoms with van der Waals surface area (Å²) in [5.74, 6) is -0.405. The number of carbonyl (C=O) groups is 1. The Morgan fingerprint density at radius 2 is 1.26 bits per heavy atom. The zero-order valence-electron chi connectivity index (χ0n) is 20.4. The maximum absolute atomic E-state index is 14.0. The Bertz CT molecular complexity index is 1090. The van der Waals surface area contributed by atoms with E-state index in [1.54, 1.807) is 39.8 Å². The summed E-state index contributed by atoms with van der Waals surface area (Å²) in [5.41, 5.74) is 5.05. The molecule has 2 aromatic carbocycles. The molecule has 0 saturated heterocycles. The molecular formula is C24H32N2O7P2. The van der Waals surface area contributed by atoms with Gasteiger partial charge in [-0.25, -0.2) is 0 Å². The minimum absolute atomic E-state index is 0.0170. The summed E-state index contributed by atoms with van der Waals surface area (Å²) in [6.45, 7) is 6.63. The lowest BCUT2D eigenvalue weighted by atomic mass is 10.0. The molecule has 11 heteroatoms. The van der Waals surface area contributed by atoms with E-state index in [-0.39, 0.29) is 38.6 Å². The second-order valence-corrected chi connectivity index (χ2v) is 12.5. The van der Waals surface area contributed by atoms with Gasteiger partial charge in [0.2, 0.25) is 5.78 Å². The zero-order valence-corrected chi connectivity index (χ0v) is 22.2. The predicted molar refractivity (Wildman–Crippen MR) is 136 cm³/mol. The highest BCUT2D eigenvalue weighted by atomic mass is 31.2. The Balaban J connectivity index is 1.97. The van der Waals surface area contributed by atoms with Gasteiger partial charge in [-0.3, -0.25) is 19.4 Å². The van der Waals surface area contributed by atoms with Crippen LogP contribution in [0.4, 0.5) is 0 Å². The monoisotopic (exact) mass is 522 g/mol. The van der Waals surface area contributed by atoms with Crippen molar-refractivity contribution >= 4 is 26.7 Å². The van der Waals surface area contributed by atoms with Crippen LogP contribution >= 0.6 is 15.2 Å². The third kappa shape index (κ3) is 5.36. The van der Waals surface area contributed by atoms with Gasteiger partial charge in [0, 0.05) is 12.0 Å². The number of ketones is 1. The largest absolute Gasteiger partial charge is 0.370 e. The highest BCUT2D eigenvalue weighted by Gasteiger charge is 2.68. The third-order valence-electron chi connectivity index (χ3n) is 5.40. The molecule has 0 amide bonds. The van der Waals surface area contributed by atoms with E-state index in [9.17, 15) is 13.9 Å². The van der Waals surface area contributed by atoms with Gasteiger partial charge >= 0.3 is 15.2 Å². The van der Waals surface area contributed by atoms with Crippen molar-refractivity contribution in [2.75, 3.05) is 26.4 Å². The molecule has 1 aliphatic heterocycles. The summed E-state index contributed by atoms with van der Waals surface area (Å²) in [7, 11) is -8.37. The van der Waals surface area contributed by atoms with Gasteiger partial charge in [-0.2, -0.15) is 5.10 Å². The second kappa shape index (κ2) is 11.7. The van der Waals surface area contributed by atoms with Gasteiger partial charge in [-0.1, -0.05) is 54.6 Å². The SMILES string of the molecule is CCOP(=O)(OCC)C1(P(=O)(OCC)OCC)CC(C(=O)c2ccc(-c3ccccc3)cc2)=NN1. The molecule has 0 saturated carbocycles. The molecule has 35 heavy (non-hydrogen) atoms. The Hall–Kier alpha value is -2.12. The Kier molecular flexibility index (Phi) is 9.22. The van der Waals surface area contributed by atoms with Crippen molar-refractivity contribution in [3.63, 3.8) is 0 Å². The van der Waals surface area contributed by atoms with Crippen LogP contribution in [0.2, 0.25) is 0 Å². The number of hydrogen-bond donors (Lipinski definition) is 1. The van der Waals surface area contributed by atoms with Crippen LogP contribution in [0.3, 0.4) is 0 Å². The molecule has 2 aromatic rings. The van der Waals surface area contributed by atoms with Crippen LogP contribution in [0, 0.1) is 0 Å². The molecule has 1 heterocycles. The molecule has 0 spiro atoms. The number of rotatable bonds is 13. The minimum Gasteiger partial charge on any atom is -0.307 e. The molecule has 3 rings (SSSR count). The number of nitrogens with one attached hydrogen (secondary N) is 1. The topological polar surface area (TPSA) is 113 Å². The third-order valence-corrected chi connectivity index (χ3v) is 11.6. The number of benzene rings is 2. The minimum atomic E-state index is -4.19.